The first-order valence-electron chi connectivity index (χ1n) is 8.33. The zero-order chi connectivity index (χ0) is 19.3. The summed E-state index contributed by atoms with van der Waals surface area (Å²) in [5, 5.41) is 0.836. The van der Waals surface area contributed by atoms with Crippen molar-refractivity contribution in [3.63, 3.8) is 0 Å². The van der Waals surface area contributed by atoms with Crippen LogP contribution in [0, 0.1) is 18.5 Å². The maximum Gasteiger partial charge on any atom is 0.406 e. The number of hydrogen-bond acceptors (Lipinski definition) is 6. The van der Waals surface area contributed by atoms with Gasteiger partial charge in [-0.1, -0.05) is 0 Å². The fraction of sp³-hybridized carbons (Fsp3) is 0.421. The Morgan fingerprint density at radius 3 is 2.38 bits per heavy atom. The van der Waals surface area contributed by atoms with E-state index in [0.29, 0.717) is 11.3 Å². The van der Waals surface area contributed by atoms with Crippen LogP contribution in [0.3, 0.4) is 0 Å². The Kier molecular flexibility index (Phi) is 6.66. The minimum absolute atomic E-state index is 0.00550. The molecule has 0 radical (unpaired) electrons. The topological polar surface area (TPSA) is 75.0 Å². The highest BCUT2D eigenvalue weighted by molar-refractivity contribution is 7.59. The van der Waals surface area contributed by atoms with Crippen LogP contribution in [0.2, 0.25) is 0 Å². The second kappa shape index (κ2) is 8.55. The summed E-state index contributed by atoms with van der Waals surface area (Å²) in [6, 6.07) is 6.63. The molecule has 26 heavy (non-hydrogen) atoms. The van der Waals surface area contributed by atoms with Gasteiger partial charge in [0.05, 0.1) is 12.2 Å². The summed E-state index contributed by atoms with van der Waals surface area (Å²) in [6.45, 7) is 8.89. The first-order valence-corrected chi connectivity index (χ1v) is 9.87. The number of hydrogen-bond donors (Lipinski definition) is 0. The Bertz CT molecular complexity index is 918. The van der Waals surface area contributed by atoms with Gasteiger partial charge in [0.25, 0.3) is 0 Å². The van der Waals surface area contributed by atoms with Crippen molar-refractivity contribution in [1.82, 2.24) is 0 Å². The summed E-state index contributed by atoms with van der Waals surface area (Å²) < 4.78 is 34.0. The predicted molar refractivity (Wildman–Crippen MR) is 101 cm³/mol. The second-order valence-electron chi connectivity index (χ2n) is 6.29. The quantitative estimate of drug-likeness (QED) is 0.419. The molecule has 2 rings (SSSR count). The third kappa shape index (κ3) is 5.74. The molecule has 0 aliphatic heterocycles. The minimum Gasteiger partial charge on any atom is -0.481 e. The molecule has 1 aromatic carbocycles. The summed E-state index contributed by atoms with van der Waals surface area (Å²) in [5.74, 6) is 3.17. The van der Waals surface area contributed by atoms with E-state index in [4.69, 9.17) is 18.2 Å². The molecule has 0 bridgehead atoms. The molecule has 1 heterocycles. The van der Waals surface area contributed by atoms with Gasteiger partial charge < -0.3 is 9.15 Å². The van der Waals surface area contributed by atoms with Crippen LogP contribution >= 0.6 is 7.60 Å². The normalized spacial score (nSPS) is 11.7. The van der Waals surface area contributed by atoms with E-state index in [1.54, 1.807) is 39.8 Å². The van der Waals surface area contributed by atoms with Crippen molar-refractivity contribution in [2.24, 2.45) is 0 Å². The highest BCUT2D eigenvalue weighted by Crippen LogP contribution is 2.49. The fourth-order valence-corrected chi connectivity index (χ4v) is 3.80. The van der Waals surface area contributed by atoms with E-state index >= 15 is 0 Å². The summed E-state index contributed by atoms with van der Waals surface area (Å²) in [4.78, 5) is 11.5. The number of rotatable bonds is 6. The van der Waals surface area contributed by atoms with Gasteiger partial charge in [0.15, 0.2) is 0 Å². The van der Waals surface area contributed by atoms with Gasteiger partial charge in [-0.25, -0.2) is 9.36 Å². The van der Waals surface area contributed by atoms with Gasteiger partial charge in [0.2, 0.25) is 0 Å². The van der Waals surface area contributed by atoms with Crippen molar-refractivity contribution in [1.29, 1.82) is 0 Å². The first-order chi connectivity index (χ1) is 12.2. The molecule has 2 aromatic rings. The van der Waals surface area contributed by atoms with Crippen molar-refractivity contribution in [3.05, 3.63) is 40.2 Å². The molecule has 7 heteroatoms. The maximum atomic E-state index is 12.6. The van der Waals surface area contributed by atoms with Crippen LogP contribution in [-0.4, -0.2) is 18.8 Å². The van der Waals surface area contributed by atoms with Crippen LogP contribution in [0.15, 0.2) is 33.5 Å². The molecule has 0 N–H and O–H groups in total. The number of benzene rings is 1. The monoisotopic (exact) mass is 378 g/mol. The molecule has 0 saturated heterocycles. The summed E-state index contributed by atoms with van der Waals surface area (Å²) >= 11 is 0. The zero-order valence-corrected chi connectivity index (χ0v) is 16.5. The van der Waals surface area contributed by atoms with Gasteiger partial charge in [-0.15, -0.1) is 0 Å². The number of ether oxygens (including phenoxy) is 1. The highest BCUT2D eigenvalue weighted by atomic mass is 31.2. The lowest BCUT2D eigenvalue weighted by atomic mass is 10.1. The van der Waals surface area contributed by atoms with Crippen LogP contribution in [0.25, 0.3) is 11.0 Å². The standard InChI is InChI=1S/C19H23O6P/c1-13(2)24-26(21,25-14(3)4)10-6-9-22-16-7-8-17-15(5)11-19(20)23-18(17)12-16/h7-8,11-14H,9H2,1-5H3. The molecule has 140 valence electrons. The molecule has 0 aliphatic rings. The van der Waals surface area contributed by atoms with Gasteiger partial charge in [-0.3, -0.25) is 9.05 Å². The van der Waals surface area contributed by atoms with E-state index in [1.165, 1.54) is 6.07 Å². The van der Waals surface area contributed by atoms with Gasteiger partial charge in [-0.2, -0.15) is 0 Å². The molecule has 0 unspecified atom stereocenters. The lowest BCUT2D eigenvalue weighted by Crippen LogP contribution is -2.07. The molecule has 6 nitrogen and oxygen atoms in total. The third-order valence-corrected chi connectivity index (χ3v) is 4.98. The molecular formula is C19H23O6P. The molecular weight excluding hydrogens is 355 g/mol. The average Bonchev–Trinajstić information content (AvgIpc) is 2.49. The lowest BCUT2D eigenvalue weighted by Gasteiger charge is -2.17. The van der Waals surface area contributed by atoms with Crippen molar-refractivity contribution in [3.8, 4) is 17.3 Å². The maximum absolute atomic E-state index is 12.6. The Morgan fingerprint density at radius 2 is 1.77 bits per heavy atom. The van der Waals surface area contributed by atoms with Crippen molar-refractivity contribution in [2.75, 3.05) is 6.61 Å². The van der Waals surface area contributed by atoms with Crippen LogP contribution < -0.4 is 10.4 Å². The van der Waals surface area contributed by atoms with Gasteiger partial charge >= 0.3 is 13.2 Å². The van der Waals surface area contributed by atoms with Gasteiger partial charge in [-0.05, 0) is 58.2 Å². The Morgan fingerprint density at radius 1 is 1.12 bits per heavy atom. The average molecular weight is 378 g/mol. The lowest BCUT2D eigenvalue weighted by molar-refractivity contribution is 0.150. The van der Waals surface area contributed by atoms with Crippen LogP contribution in [-0.2, 0) is 13.6 Å². The predicted octanol–water partition coefficient (Wildman–Crippen LogP) is 4.48. The van der Waals surface area contributed by atoms with Crippen LogP contribution in [0.1, 0.15) is 33.3 Å². The summed E-state index contributed by atoms with van der Waals surface area (Å²) in [5.41, 5.74) is 3.41. The number of fused-ring (bicyclic) bond motifs is 1. The Balaban J connectivity index is 2.11. The Hall–Kier alpha value is -2.06. The summed E-state index contributed by atoms with van der Waals surface area (Å²) in [6.07, 6.45) is -0.553. The van der Waals surface area contributed by atoms with E-state index < -0.39 is 13.2 Å². The van der Waals surface area contributed by atoms with Crippen molar-refractivity contribution < 1.29 is 22.8 Å². The van der Waals surface area contributed by atoms with E-state index in [1.807, 2.05) is 13.0 Å². The first kappa shape index (κ1) is 20.3. The third-order valence-electron chi connectivity index (χ3n) is 3.15. The zero-order valence-electron chi connectivity index (χ0n) is 15.6. The van der Waals surface area contributed by atoms with E-state index in [9.17, 15) is 9.36 Å². The van der Waals surface area contributed by atoms with E-state index in [-0.39, 0.29) is 18.8 Å². The highest BCUT2D eigenvalue weighted by Gasteiger charge is 2.25. The van der Waals surface area contributed by atoms with Crippen LogP contribution in [0.4, 0.5) is 0 Å². The molecule has 0 aliphatic carbocycles. The molecule has 0 saturated carbocycles. The van der Waals surface area contributed by atoms with E-state index in [2.05, 4.69) is 11.6 Å². The van der Waals surface area contributed by atoms with E-state index in [0.717, 1.165) is 10.9 Å². The van der Waals surface area contributed by atoms with Crippen LogP contribution in [0.5, 0.6) is 5.75 Å². The largest absolute Gasteiger partial charge is 0.481 e. The van der Waals surface area contributed by atoms with Crippen molar-refractivity contribution in [2.45, 2.75) is 46.8 Å². The molecule has 0 atom stereocenters. The molecule has 0 fully saturated rings. The molecule has 0 amide bonds. The fourth-order valence-electron chi connectivity index (χ4n) is 2.28. The van der Waals surface area contributed by atoms with Gasteiger partial charge in [0, 0.05) is 23.2 Å². The van der Waals surface area contributed by atoms with Crippen molar-refractivity contribution >= 4 is 18.6 Å². The smallest absolute Gasteiger partial charge is 0.406 e. The second-order valence-corrected chi connectivity index (χ2v) is 7.93. The molecule has 0 spiro atoms. The number of aryl methyl sites for hydroxylation is 1. The molecule has 1 aromatic heterocycles. The van der Waals surface area contributed by atoms with Gasteiger partial charge in [0.1, 0.15) is 17.9 Å². The summed E-state index contributed by atoms with van der Waals surface area (Å²) in [7, 11) is -3.51. The Labute approximate surface area is 153 Å². The SMILES string of the molecule is Cc1cc(=O)oc2cc(OCC#CP(=O)(OC(C)C)OC(C)C)ccc12. The minimum atomic E-state index is -3.51.